The van der Waals surface area contributed by atoms with E-state index in [2.05, 4.69) is 5.32 Å². The van der Waals surface area contributed by atoms with Crippen molar-refractivity contribution in [2.45, 2.75) is 45.1 Å². The second-order valence-electron chi connectivity index (χ2n) is 7.09. The third-order valence-electron chi connectivity index (χ3n) is 5.31. The van der Waals surface area contributed by atoms with Crippen LogP contribution in [0.4, 0.5) is 4.79 Å². The van der Waals surface area contributed by atoms with Gasteiger partial charge in [-0.1, -0.05) is 0 Å². The highest BCUT2D eigenvalue weighted by Gasteiger charge is 2.56. The van der Waals surface area contributed by atoms with Gasteiger partial charge in [0.15, 0.2) is 6.67 Å². The largest absolute Gasteiger partial charge is 0.466 e. The average molecular weight is 324 g/mol. The standard InChI is InChI=1S/C16H25N3O4/c1-3-23-13(20)11-5-4-8-18(9-11)10-19-14(21)16(2,12-6-7-12)17-15(19)22/h11-12H,3-10H2,1-2H3,(H,17,22)/p+1/t11-,16+/m0/s1. The Morgan fingerprint density at radius 2 is 2.13 bits per heavy atom. The molecule has 7 nitrogen and oxygen atoms in total. The summed E-state index contributed by atoms with van der Waals surface area (Å²) in [5.74, 6) is -0.137. The van der Waals surface area contributed by atoms with E-state index in [4.69, 9.17) is 4.74 Å². The third-order valence-corrected chi connectivity index (χ3v) is 5.31. The first-order valence-electron chi connectivity index (χ1n) is 8.60. The summed E-state index contributed by atoms with van der Waals surface area (Å²) < 4.78 is 5.10. The molecule has 0 aromatic carbocycles. The molecule has 2 heterocycles. The van der Waals surface area contributed by atoms with Gasteiger partial charge >= 0.3 is 12.0 Å². The number of carbonyl (C=O) groups is 3. The number of hydrogen-bond donors (Lipinski definition) is 2. The van der Waals surface area contributed by atoms with Crippen molar-refractivity contribution in [3.8, 4) is 0 Å². The van der Waals surface area contributed by atoms with E-state index in [9.17, 15) is 14.4 Å². The maximum absolute atomic E-state index is 12.6. The van der Waals surface area contributed by atoms with E-state index < -0.39 is 5.54 Å². The summed E-state index contributed by atoms with van der Waals surface area (Å²) in [6.07, 6.45) is 3.72. The number of imide groups is 1. The highest BCUT2D eigenvalue weighted by Crippen LogP contribution is 2.42. The first-order chi connectivity index (χ1) is 11.0. The number of hydrogen-bond acceptors (Lipinski definition) is 4. The summed E-state index contributed by atoms with van der Waals surface area (Å²) >= 11 is 0. The zero-order valence-electron chi connectivity index (χ0n) is 13.9. The summed E-state index contributed by atoms with van der Waals surface area (Å²) in [5.41, 5.74) is -0.729. The second-order valence-corrected chi connectivity index (χ2v) is 7.09. The number of ether oxygens (including phenoxy) is 1. The number of nitrogens with one attached hydrogen (secondary N) is 2. The Morgan fingerprint density at radius 1 is 1.39 bits per heavy atom. The molecule has 3 rings (SSSR count). The number of urea groups is 1. The smallest absolute Gasteiger partial charge is 0.329 e. The van der Waals surface area contributed by atoms with Crippen molar-refractivity contribution >= 4 is 17.9 Å². The molecule has 2 aliphatic heterocycles. The van der Waals surface area contributed by atoms with Gasteiger partial charge in [0.05, 0.1) is 19.7 Å². The van der Waals surface area contributed by atoms with Crippen LogP contribution in [0.3, 0.4) is 0 Å². The van der Waals surface area contributed by atoms with Crippen molar-refractivity contribution in [3.63, 3.8) is 0 Å². The van der Waals surface area contributed by atoms with E-state index in [-0.39, 0.29) is 29.7 Å². The number of esters is 1. The lowest BCUT2D eigenvalue weighted by Gasteiger charge is -2.30. The molecule has 1 saturated carbocycles. The van der Waals surface area contributed by atoms with Gasteiger partial charge in [-0.2, -0.15) is 0 Å². The van der Waals surface area contributed by atoms with Crippen molar-refractivity contribution in [1.29, 1.82) is 0 Å². The van der Waals surface area contributed by atoms with Gasteiger partial charge in [-0.05, 0) is 45.4 Å². The van der Waals surface area contributed by atoms with E-state index in [0.29, 0.717) is 19.8 Å². The summed E-state index contributed by atoms with van der Waals surface area (Å²) in [4.78, 5) is 39.2. The average Bonchev–Trinajstić information content (AvgIpc) is 3.34. The van der Waals surface area contributed by atoms with Gasteiger partial charge in [-0.15, -0.1) is 0 Å². The van der Waals surface area contributed by atoms with Crippen LogP contribution in [0, 0.1) is 11.8 Å². The molecule has 7 heteroatoms. The minimum absolute atomic E-state index is 0.115. The van der Waals surface area contributed by atoms with Gasteiger partial charge < -0.3 is 15.0 Å². The summed E-state index contributed by atoms with van der Waals surface area (Å²) in [7, 11) is 0. The highest BCUT2D eigenvalue weighted by molar-refractivity contribution is 6.07. The molecule has 0 bridgehead atoms. The minimum atomic E-state index is -0.729. The Labute approximate surface area is 136 Å². The fourth-order valence-electron chi connectivity index (χ4n) is 3.78. The molecule has 1 unspecified atom stereocenters. The molecule has 3 fully saturated rings. The van der Waals surface area contributed by atoms with Crippen LogP contribution in [-0.2, 0) is 14.3 Å². The number of amides is 3. The molecule has 2 N–H and O–H groups in total. The first kappa shape index (κ1) is 16.2. The maximum Gasteiger partial charge on any atom is 0.329 e. The lowest BCUT2D eigenvalue weighted by Crippen LogP contribution is -3.15. The Balaban J connectivity index is 1.61. The number of piperidine rings is 1. The monoisotopic (exact) mass is 324 g/mol. The normalized spacial score (nSPS) is 34.4. The fraction of sp³-hybridized carbons (Fsp3) is 0.812. The van der Waals surface area contributed by atoms with Crippen LogP contribution >= 0.6 is 0 Å². The van der Waals surface area contributed by atoms with Crippen LogP contribution in [0.2, 0.25) is 0 Å². The van der Waals surface area contributed by atoms with Crippen LogP contribution in [0.15, 0.2) is 0 Å². The molecular formula is C16H26N3O4+. The van der Waals surface area contributed by atoms with Crippen LogP contribution in [0.5, 0.6) is 0 Å². The molecule has 23 heavy (non-hydrogen) atoms. The molecule has 3 aliphatic rings. The number of likely N-dealkylation sites (tertiary alicyclic amines) is 1. The summed E-state index contributed by atoms with van der Waals surface area (Å²) in [6.45, 7) is 5.85. The number of nitrogens with zero attached hydrogens (tertiary/aromatic N) is 1. The zero-order valence-corrected chi connectivity index (χ0v) is 13.9. The van der Waals surface area contributed by atoms with E-state index in [0.717, 1.165) is 37.1 Å². The van der Waals surface area contributed by atoms with Gasteiger partial charge in [0.1, 0.15) is 11.5 Å². The van der Waals surface area contributed by atoms with Crippen molar-refractivity contribution < 1.29 is 24.0 Å². The van der Waals surface area contributed by atoms with Gasteiger partial charge in [0.2, 0.25) is 0 Å². The molecule has 1 aliphatic carbocycles. The molecule has 0 radical (unpaired) electrons. The summed E-state index contributed by atoms with van der Waals surface area (Å²) in [6, 6.07) is -0.296. The highest BCUT2D eigenvalue weighted by atomic mass is 16.5. The molecule has 128 valence electrons. The Bertz CT molecular complexity index is 519. The molecule has 2 saturated heterocycles. The van der Waals surface area contributed by atoms with Gasteiger partial charge in [0.25, 0.3) is 5.91 Å². The molecular weight excluding hydrogens is 298 g/mol. The molecule has 3 atom stereocenters. The van der Waals surface area contributed by atoms with Crippen LogP contribution in [0.25, 0.3) is 0 Å². The topological polar surface area (TPSA) is 80.2 Å². The van der Waals surface area contributed by atoms with E-state index in [1.54, 1.807) is 6.92 Å². The SMILES string of the molecule is CCOC(=O)[C@H]1CCC[NH+](CN2C(=O)N[C@](C)(C3CC3)C2=O)C1. The van der Waals surface area contributed by atoms with Crippen LogP contribution in [0.1, 0.15) is 39.5 Å². The number of rotatable bonds is 5. The van der Waals surface area contributed by atoms with Crippen molar-refractivity contribution in [2.24, 2.45) is 11.8 Å². The zero-order chi connectivity index (χ0) is 16.6. The van der Waals surface area contributed by atoms with Crippen LogP contribution < -0.4 is 10.2 Å². The van der Waals surface area contributed by atoms with Gasteiger partial charge in [0, 0.05) is 0 Å². The minimum Gasteiger partial charge on any atom is -0.466 e. The third kappa shape index (κ3) is 3.06. The van der Waals surface area contributed by atoms with Crippen molar-refractivity contribution in [2.75, 3.05) is 26.4 Å². The molecule has 0 aromatic rings. The second kappa shape index (κ2) is 6.11. The number of carbonyl (C=O) groups excluding carboxylic acids is 3. The van der Waals surface area contributed by atoms with E-state index >= 15 is 0 Å². The molecule has 0 spiro atoms. The lowest BCUT2D eigenvalue weighted by atomic mass is 9.96. The van der Waals surface area contributed by atoms with Crippen LogP contribution in [-0.4, -0.2) is 54.7 Å². The maximum atomic E-state index is 12.6. The van der Waals surface area contributed by atoms with Gasteiger partial charge in [-0.25, -0.2) is 9.69 Å². The molecule has 3 amide bonds. The number of quaternary nitrogens is 1. The van der Waals surface area contributed by atoms with E-state index in [1.807, 2.05) is 6.92 Å². The predicted octanol–water partition coefficient (Wildman–Crippen LogP) is -0.478. The predicted molar refractivity (Wildman–Crippen MR) is 81.4 cm³/mol. The lowest BCUT2D eigenvalue weighted by molar-refractivity contribution is -0.914. The Kier molecular flexibility index (Phi) is 4.31. The van der Waals surface area contributed by atoms with Gasteiger partial charge in [-0.3, -0.25) is 9.59 Å². The first-order valence-corrected chi connectivity index (χ1v) is 8.60. The Hall–Kier alpha value is -1.63. The molecule has 0 aromatic heterocycles. The fourth-order valence-corrected chi connectivity index (χ4v) is 3.78. The Morgan fingerprint density at radius 3 is 2.78 bits per heavy atom. The van der Waals surface area contributed by atoms with Crippen molar-refractivity contribution in [3.05, 3.63) is 0 Å². The van der Waals surface area contributed by atoms with E-state index in [1.165, 1.54) is 4.90 Å². The summed E-state index contributed by atoms with van der Waals surface area (Å²) in [5, 5.41) is 2.87. The van der Waals surface area contributed by atoms with Crippen molar-refractivity contribution in [1.82, 2.24) is 10.2 Å². The quantitative estimate of drug-likeness (QED) is 0.529.